The lowest BCUT2D eigenvalue weighted by Crippen LogP contribution is -2.14. The molecule has 0 atom stereocenters. The van der Waals surface area contributed by atoms with E-state index in [-0.39, 0.29) is 0 Å². The first kappa shape index (κ1) is 17.1. The highest BCUT2D eigenvalue weighted by Crippen LogP contribution is 2.22. The highest BCUT2D eigenvalue weighted by atomic mass is 35.5. The Labute approximate surface area is 126 Å². The van der Waals surface area contributed by atoms with Crippen molar-refractivity contribution in [2.45, 2.75) is 0 Å². The lowest BCUT2D eigenvalue weighted by molar-refractivity contribution is 0.368. The number of hydrogen-bond acceptors (Lipinski definition) is 3. The molecule has 0 radical (unpaired) electrons. The number of halogens is 5. The minimum atomic E-state index is -6.00. The Hall–Kier alpha value is -0.925. The summed E-state index contributed by atoms with van der Waals surface area (Å²) < 4.78 is 46.7. The van der Waals surface area contributed by atoms with Gasteiger partial charge in [-0.25, -0.2) is 4.58 Å². The Bertz CT molecular complexity index is 611. The summed E-state index contributed by atoms with van der Waals surface area (Å²) in [6.07, 6.45) is 0. The van der Waals surface area contributed by atoms with Crippen molar-refractivity contribution >= 4 is 41.7 Å². The molecule has 2 nitrogen and oxygen atoms in total. The van der Waals surface area contributed by atoms with Crippen LogP contribution in [0.15, 0.2) is 24.3 Å². The Morgan fingerprint density at radius 3 is 2.00 bits per heavy atom. The fraction of sp³-hybridized carbons (Fsp3) is 0.200. The highest BCUT2D eigenvalue weighted by molar-refractivity contribution is 7.25. The molecule has 110 valence electrons. The Morgan fingerprint density at radius 1 is 1.10 bits per heavy atom. The van der Waals surface area contributed by atoms with Crippen molar-refractivity contribution in [2.24, 2.45) is 0 Å². The van der Waals surface area contributed by atoms with Crippen LogP contribution in [0, 0.1) is 0 Å². The summed E-state index contributed by atoms with van der Waals surface area (Å²) in [4.78, 5) is 0. The molecule has 0 N–H and O–H groups in total. The summed E-state index contributed by atoms with van der Waals surface area (Å²) >= 11 is 9.04. The van der Waals surface area contributed by atoms with Gasteiger partial charge in [-0.05, 0) is 23.5 Å². The number of nitrogens with zero attached hydrogens (tertiary/aromatic N) is 2. The molecular formula is C10H10BClF4N2S2. The molecule has 1 heterocycles. The number of aromatic nitrogens is 1. The molecule has 0 aliphatic carbocycles. The Kier molecular flexibility index (Phi) is 6.16. The maximum absolute atomic E-state index is 9.75. The maximum atomic E-state index is 9.75. The van der Waals surface area contributed by atoms with Crippen molar-refractivity contribution in [2.75, 3.05) is 14.1 Å². The van der Waals surface area contributed by atoms with Crippen molar-refractivity contribution in [3.05, 3.63) is 33.3 Å². The first-order valence-electron chi connectivity index (χ1n) is 5.27. The molecule has 1 aromatic heterocycles. The molecule has 0 amide bonds. The Morgan fingerprint density at radius 2 is 1.60 bits per heavy atom. The molecule has 0 spiro atoms. The minimum Gasteiger partial charge on any atom is -0.418 e. The summed E-state index contributed by atoms with van der Waals surface area (Å²) in [6, 6.07) is 7.76. The smallest absolute Gasteiger partial charge is 0.418 e. The van der Waals surface area contributed by atoms with E-state index in [0.29, 0.717) is 0 Å². The second-order valence-corrected chi connectivity index (χ2v) is 6.18. The molecule has 2 rings (SSSR count). The molecule has 0 bridgehead atoms. The molecule has 20 heavy (non-hydrogen) atoms. The van der Waals surface area contributed by atoms with Gasteiger partial charge in [0.15, 0.2) is 0 Å². The van der Waals surface area contributed by atoms with Gasteiger partial charge in [0.25, 0.3) is 0 Å². The molecule has 10 heteroatoms. The molecule has 0 aliphatic rings. The third kappa shape index (κ3) is 6.49. The minimum absolute atomic E-state index is 0.756. The number of rotatable bonds is 1. The summed E-state index contributed by atoms with van der Waals surface area (Å²) in [6.45, 7) is 0. The van der Waals surface area contributed by atoms with Crippen molar-refractivity contribution in [1.29, 1.82) is 0 Å². The molecule has 0 aliphatic heterocycles. The summed E-state index contributed by atoms with van der Waals surface area (Å²) in [5.41, 5.74) is 1.12. The van der Waals surface area contributed by atoms with Gasteiger partial charge in [-0.2, -0.15) is 4.37 Å². The fourth-order valence-corrected chi connectivity index (χ4v) is 2.99. The molecule has 0 saturated heterocycles. The average Bonchev–Trinajstić information content (AvgIpc) is 2.77. The van der Waals surface area contributed by atoms with Gasteiger partial charge in [0, 0.05) is 22.1 Å². The number of hydrogen-bond donors (Lipinski definition) is 0. The van der Waals surface area contributed by atoms with Crippen LogP contribution in [-0.4, -0.2) is 25.7 Å². The van der Waals surface area contributed by atoms with Crippen LogP contribution < -0.4 is 8.56 Å². The van der Waals surface area contributed by atoms with Gasteiger partial charge in [0.05, 0.1) is 0 Å². The van der Waals surface area contributed by atoms with Gasteiger partial charge in [-0.3, -0.25) is 0 Å². The van der Waals surface area contributed by atoms with Crippen LogP contribution in [-0.2, 0) is 0 Å². The van der Waals surface area contributed by atoms with E-state index in [1.54, 1.807) is 11.3 Å². The normalized spacial score (nSPS) is 10.8. The van der Waals surface area contributed by atoms with Crippen molar-refractivity contribution in [3.8, 4) is 10.6 Å². The summed E-state index contributed by atoms with van der Waals surface area (Å²) in [5.74, 6) is 0. The molecular weight excluding hydrogens is 335 g/mol. The Balaban J connectivity index is 0.000000347. The van der Waals surface area contributed by atoms with Gasteiger partial charge < -0.3 is 17.3 Å². The number of benzene rings is 1. The molecule has 0 saturated carbocycles. The first-order chi connectivity index (χ1) is 9.16. The van der Waals surface area contributed by atoms with E-state index in [1.165, 1.54) is 15.5 Å². The van der Waals surface area contributed by atoms with Gasteiger partial charge >= 0.3 is 11.2 Å². The van der Waals surface area contributed by atoms with Crippen LogP contribution in [0.5, 0.6) is 0 Å². The second-order valence-electron chi connectivity index (χ2n) is 3.75. The van der Waals surface area contributed by atoms with Gasteiger partial charge in [-0.15, -0.1) is 0 Å². The van der Waals surface area contributed by atoms with Crippen LogP contribution in [0.2, 0.25) is 5.02 Å². The highest BCUT2D eigenvalue weighted by Gasteiger charge is 2.20. The van der Waals surface area contributed by atoms with Crippen LogP contribution in [0.25, 0.3) is 10.6 Å². The lowest BCUT2D eigenvalue weighted by Gasteiger charge is -1.94. The molecule has 0 fully saturated rings. The van der Waals surface area contributed by atoms with E-state index in [4.69, 9.17) is 11.6 Å². The zero-order valence-corrected chi connectivity index (χ0v) is 12.9. The lowest BCUT2D eigenvalue weighted by atomic mass is 10.2. The molecule has 1 aromatic carbocycles. The van der Waals surface area contributed by atoms with E-state index in [1.807, 2.05) is 38.4 Å². The third-order valence-electron chi connectivity index (χ3n) is 1.85. The van der Waals surface area contributed by atoms with Gasteiger partial charge in [-0.1, -0.05) is 23.7 Å². The van der Waals surface area contributed by atoms with Gasteiger partial charge in [0.1, 0.15) is 19.1 Å². The van der Waals surface area contributed by atoms with Crippen molar-refractivity contribution in [1.82, 2.24) is 8.95 Å². The predicted octanol–water partition coefficient (Wildman–Crippen LogP) is 3.86. The predicted molar refractivity (Wildman–Crippen MR) is 77.7 cm³/mol. The van der Waals surface area contributed by atoms with Crippen LogP contribution in [0.4, 0.5) is 17.3 Å². The van der Waals surface area contributed by atoms with Crippen molar-refractivity contribution in [3.63, 3.8) is 0 Å². The fourth-order valence-electron chi connectivity index (χ4n) is 1.08. The van der Waals surface area contributed by atoms with Crippen LogP contribution >= 0.6 is 34.5 Å². The first-order valence-corrected chi connectivity index (χ1v) is 7.24. The van der Waals surface area contributed by atoms with Gasteiger partial charge in [0.2, 0.25) is 0 Å². The standard InChI is InChI=1S/C10H10ClN2S2.BF4/c1-13(2)10-14-9(12-15-10)7-3-5-8(11)6-4-7;2-1(3,4)5/h3-6H,1-2H3;/q+1;-1. The second kappa shape index (κ2) is 7.19. The molecule has 2 aromatic rings. The summed E-state index contributed by atoms with van der Waals surface area (Å²) in [5, 5.41) is 1.80. The van der Waals surface area contributed by atoms with E-state index >= 15 is 0 Å². The third-order valence-corrected chi connectivity index (χ3v) is 4.54. The largest absolute Gasteiger partial charge is 0.673 e. The van der Waals surface area contributed by atoms with E-state index in [9.17, 15) is 17.3 Å². The monoisotopic (exact) mass is 344 g/mol. The molecule has 0 unspecified atom stereocenters. The maximum Gasteiger partial charge on any atom is 0.673 e. The average molecular weight is 345 g/mol. The topological polar surface area (TPSA) is 15.9 Å². The van der Waals surface area contributed by atoms with E-state index < -0.39 is 7.25 Å². The van der Waals surface area contributed by atoms with E-state index in [2.05, 4.69) is 8.95 Å². The van der Waals surface area contributed by atoms with Crippen LogP contribution in [0.1, 0.15) is 0 Å². The zero-order chi connectivity index (χ0) is 15.3. The zero-order valence-electron chi connectivity index (χ0n) is 10.5. The SMILES string of the molecule is C[N+](C)=c1snc(-c2ccc(Cl)cc2)s1.F[B-](F)(F)F. The van der Waals surface area contributed by atoms with E-state index in [0.717, 1.165) is 15.6 Å². The quantitative estimate of drug-likeness (QED) is 0.436. The van der Waals surface area contributed by atoms with Crippen LogP contribution in [0.3, 0.4) is 0 Å². The van der Waals surface area contributed by atoms with Crippen molar-refractivity contribution < 1.29 is 17.3 Å². The summed E-state index contributed by atoms with van der Waals surface area (Å²) in [7, 11) is -1.95.